The van der Waals surface area contributed by atoms with Gasteiger partial charge in [-0.25, -0.2) is 9.59 Å². The quantitative estimate of drug-likeness (QED) is 0.757. The predicted octanol–water partition coefficient (Wildman–Crippen LogP) is 2.25. The standard InChI is InChI=1S/C19H35N3O6/c1-14-12-22(17(26)28-19(5,6)7)11-9-20(16(25)27-18(2,3)4)8-10-21(14)13-15(23)24/h14H,8-13H2,1-7H3,(H,23,24). The number of aliphatic carboxylic acids is 1. The van der Waals surface area contributed by atoms with Gasteiger partial charge in [-0.1, -0.05) is 0 Å². The second kappa shape index (κ2) is 9.45. The highest BCUT2D eigenvalue weighted by atomic mass is 16.6. The summed E-state index contributed by atoms with van der Waals surface area (Å²) in [4.78, 5) is 41.2. The number of ether oxygens (including phenoxy) is 2. The van der Waals surface area contributed by atoms with Gasteiger partial charge in [-0.15, -0.1) is 0 Å². The topological polar surface area (TPSA) is 99.6 Å². The Kier molecular flexibility index (Phi) is 8.10. The van der Waals surface area contributed by atoms with Crippen molar-refractivity contribution in [2.24, 2.45) is 0 Å². The average Bonchev–Trinajstić information content (AvgIpc) is 2.54. The lowest BCUT2D eigenvalue weighted by molar-refractivity contribution is -0.138. The normalized spacial score (nSPS) is 20.0. The molecule has 1 aliphatic rings. The van der Waals surface area contributed by atoms with Crippen LogP contribution in [0.1, 0.15) is 48.5 Å². The summed E-state index contributed by atoms with van der Waals surface area (Å²) in [5.74, 6) is -0.960. The molecular formula is C19H35N3O6. The molecule has 1 N–H and O–H groups in total. The SMILES string of the molecule is CC1CN(C(=O)OC(C)(C)C)CCN(C(=O)OC(C)(C)C)CCN1CC(=O)O. The number of rotatable bonds is 2. The second-order valence-corrected chi connectivity index (χ2v) is 9.11. The highest BCUT2D eigenvalue weighted by molar-refractivity contribution is 5.70. The lowest BCUT2D eigenvalue weighted by Crippen LogP contribution is -2.47. The van der Waals surface area contributed by atoms with Gasteiger partial charge in [-0.2, -0.15) is 0 Å². The molecule has 1 rings (SSSR count). The van der Waals surface area contributed by atoms with Crippen molar-refractivity contribution in [1.29, 1.82) is 0 Å². The molecule has 1 saturated heterocycles. The number of hydrogen-bond acceptors (Lipinski definition) is 6. The van der Waals surface area contributed by atoms with Crippen LogP contribution in [0.3, 0.4) is 0 Å². The van der Waals surface area contributed by atoms with E-state index < -0.39 is 29.4 Å². The summed E-state index contributed by atoms with van der Waals surface area (Å²) in [6.45, 7) is 14.0. The first-order chi connectivity index (χ1) is 12.7. The Balaban J connectivity index is 3.02. The minimum absolute atomic E-state index is 0.175. The fourth-order valence-corrected chi connectivity index (χ4v) is 2.76. The van der Waals surface area contributed by atoms with Crippen LogP contribution in [0.15, 0.2) is 0 Å². The smallest absolute Gasteiger partial charge is 0.410 e. The summed E-state index contributed by atoms with van der Waals surface area (Å²) in [5, 5.41) is 9.22. The Morgan fingerprint density at radius 2 is 1.29 bits per heavy atom. The minimum atomic E-state index is -0.960. The zero-order valence-corrected chi connectivity index (χ0v) is 18.2. The highest BCUT2D eigenvalue weighted by Crippen LogP contribution is 2.15. The van der Waals surface area contributed by atoms with Gasteiger partial charge < -0.3 is 24.4 Å². The third-order valence-electron chi connectivity index (χ3n) is 4.05. The number of hydrogen-bond donors (Lipinski definition) is 1. The van der Waals surface area contributed by atoms with Crippen LogP contribution in [-0.4, -0.2) is 94.5 Å². The zero-order chi connectivity index (χ0) is 21.7. The molecule has 2 amide bonds. The fourth-order valence-electron chi connectivity index (χ4n) is 2.76. The number of carbonyl (C=O) groups excluding carboxylic acids is 2. The van der Waals surface area contributed by atoms with Crippen molar-refractivity contribution in [2.45, 2.75) is 65.7 Å². The largest absolute Gasteiger partial charge is 0.480 e. The van der Waals surface area contributed by atoms with E-state index in [2.05, 4.69) is 0 Å². The molecule has 1 atom stereocenters. The molecule has 28 heavy (non-hydrogen) atoms. The Hall–Kier alpha value is -2.03. The van der Waals surface area contributed by atoms with Crippen LogP contribution in [-0.2, 0) is 14.3 Å². The average molecular weight is 402 g/mol. The van der Waals surface area contributed by atoms with Crippen molar-refractivity contribution in [1.82, 2.24) is 14.7 Å². The van der Waals surface area contributed by atoms with Crippen molar-refractivity contribution in [3.05, 3.63) is 0 Å². The zero-order valence-electron chi connectivity index (χ0n) is 18.2. The number of carbonyl (C=O) groups is 3. The molecule has 0 bridgehead atoms. The number of nitrogens with zero attached hydrogens (tertiary/aromatic N) is 3. The molecule has 162 valence electrons. The maximum atomic E-state index is 12.6. The summed E-state index contributed by atoms with van der Waals surface area (Å²) in [6, 6.07) is -0.206. The van der Waals surface area contributed by atoms with Crippen LogP contribution in [0.25, 0.3) is 0 Å². The van der Waals surface area contributed by atoms with Gasteiger partial charge in [0.2, 0.25) is 0 Å². The van der Waals surface area contributed by atoms with Crippen molar-refractivity contribution in [2.75, 3.05) is 39.3 Å². The number of carboxylic acid groups (broad SMARTS) is 1. The lowest BCUT2D eigenvalue weighted by Gasteiger charge is -2.32. The van der Waals surface area contributed by atoms with Crippen LogP contribution in [0.5, 0.6) is 0 Å². The Morgan fingerprint density at radius 1 is 0.857 bits per heavy atom. The van der Waals surface area contributed by atoms with Crippen molar-refractivity contribution >= 4 is 18.2 Å². The Labute approximate surface area is 167 Å². The Morgan fingerprint density at radius 3 is 1.75 bits per heavy atom. The van der Waals surface area contributed by atoms with Crippen molar-refractivity contribution in [3.63, 3.8) is 0 Å². The first-order valence-electron chi connectivity index (χ1n) is 9.59. The molecule has 0 aromatic heterocycles. The molecule has 0 aromatic carbocycles. The van der Waals surface area contributed by atoms with Gasteiger partial charge in [0, 0.05) is 38.8 Å². The summed E-state index contributed by atoms with van der Waals surface area (Å²) < 4.78 is 10.9. The molecule has 0 aliphatic carbocycles. The molecule has 1 heterocycles. The first-order valence-corrected chi connectivity index (χ1v) is 9.59. The maximum Gasteiger partial charge on any atom is 0.410 e. The van der Waals surface area contributed by atoms with Crippen molar-refractivity contribution in [3.8, 4) is 0 Å². The van der Waals surface area contributed by atoms with Crippen molar-refractivity contribution < 1.29 is 29.0 Å². The molecular weight excluding hydrogens is 366 g/mol. The number of amides is 2. The van der Waals surface area contributed by atoms with Gasteiger partial charge >= 0.3 is 18.2 Å². The minimum Gasteiger partial charge on any atom is -0.480 e. The van der Waals surface area contributed by atoms with E-state index in [4.69, 9.17) is 9.47 Å². The second-order valence-electron chi connectivity index (χ2n) is 9.11. The molecule has 1 unspecified atom stereocenters. The molecule has 0 aromatic rings. The summed E-state index contributed by atoms with van der Waals surface area (Å²) in [5.41, 5.74) is -1.29. The van der Waals surface area contributed by atoms with Gasteiger partial charge in [0.25, 0.3) is 0 Å². The maximum absolute atomic E-state index is 12.6. The molecule has 0 spiro atoms. The van der Waals surface area contributed by atoms with E-state index in [1.807, 2.05) is 6.92 Å². The van der Waals surface area contributed by atoms with Crippen LogP contribution < -0.4 is 0 Å². The van der Waals surface area contributed by atoms with Gasteiger partial charge in [-0.3, -0.25) is 9.69 Å². The van der Waals surface area contributed by atoms with E-state index >= 15 is 0 Å². The van der Waals surface area contributed by atoms with Crippen LogP contribution in [0, 0.1) is 0 Å². The molecule has 1 fully saturated rings. The third-order valence-corrected chi connectivity index (χ3v) is 4.05. The van der Waals surface area contributed by atoms with Gasteiger partial charge in [0.15, 0.2) is 0 Å². The van der Waals surface area contributed by atoms with Gasteiger partial charge in [0.1, 0.15) is 11.2 Å². The van der Waals surface area contributed by atoms with Crippen LogP contribution in [0.4, 0.5) is 9.59 Å². The molecule has 0 saturated carbocycles. The predicted molar refractivity (Wildman–Crippen MR) is 104 cm³/mol. The van der Waals surface area contributed by atoms with E-state index in [9.17, 15) is 19.5 Å². The van der Waals surface area contributed by atoms with Crippen LogP contribution >= 0.6 is 0 Å². The van der Waals surface area contributed by atoms with E-state index in [0.717, 1.165) is 0 Å². The monoisotopic (exact) mass is 401 g/mol. The molecule has 0 radical (unpaired) electrons. The first kappa shape index (κ1) is 24.0. The van der Waals surface area contributed by atoms with Gasteiger partial charge in [0.05, 0.1) is 6.54 Å². The molecule has 1 aliphatic heterocycles. The third kappa shape index (κ3) is 8.77. The number of carboxylic acids is 1. The Bertz CT molecular complexity index is 567. The van der Waals surface area contributed by atoms with E-state index in [1.54, 1.807) is 46.4 Å². The van der Waals surface area contributed by atoms with Gasteiger partial charge in [-0.05, 0) is 48.5 Å². The summed E-state index contributed by atoms with van der Waals surface area (Å²) in [7, 11) is 0. The van der Waals surface area contributed by atoms with E-state index in [-0.39, 0.29) is 25.7 Å². The summed E-state index contributed by atoms with van der Waals surface area (Å²) in [6.07, 6.45) is -0.970. The fraction of sp³-hybridized carbons (Fsp3) is 0.842. The van der Waals surface area contributed by atoms with Crippen LogP contribution in [0.2, 0.25) is 0 Å². The lowest BCUT2D eigenvalue weighted by atomic mass is 10.2. The van der Waals surface area contributed by atoms with E-state index in [0.29, 0.717) is 19.6 Å². The highest BCUT2D eigenvalue weighted by Gasteiger charge is 2.30. The molecule has 9 heteroatoms. The van der Waals surface area contributed by atoms with E-state index in [1.165, 1.54) is 9.80 Å². The molecule has 9 nitrogen and oxygen atoms in total. The summed E-state index contributed by atoms with van der Waals surface area (Å²) >= 11 is 0.